The summed E-state index contributed by atoms with van der Waals surface area (Å²) in [6.45, 7) is -0.591. The Balaban J connectivity index is 2.65. The molecule has 4 N–H and O–H groups in total. The van der Waals surface area contributed by atoms with Crippen LogP contribution in [-0.4, -0.2) is 36.3 Å². The third-order valence-electron chi connectivity index (χ3n) is 1.85. The van der Waals surface area contributed by atoms with Crippen molar-refractivity contribution < 1.29 is 19.7 Å². The van der Waals surface area contributed by atoms with Gasteiger partial charge in [-0.3, -0.25) is 0 Å². The maximum absolute atomic E-state index is 9.21. The lowest BCUT2D eigenvalue weighted by Crippen LogP contribution is -2.43. The topological polar surface area (TPSA) is 84.9 Å². The van der Waals surface area contributed by atoms with E-state index in [9.17, 15) is 10.2 Å². The fourth-order valence-corrected chi connectivity index (χ4v) is 0.990. The molecule has 5 nitrogen and oxygen atoms in total. The first-order chi connectivity index (χ1) is 7.09. The van der Waals surface area contributed by atoms with Gasteiger partial charge in [-0.1, -0.05) is 12.1 Å². The van der Waals surface area contributed by atoms with Crippen LogP contribution in [0.3, 0.4) is 0 Å². The minimum Gasteiger partial charge on any atom is -0.493 e. The second-order valence-electron chi connectivity index (χ2n) is 3.13. The summed E-state index contributed by atoms with van der Waals surface area (Å²) in [5, 5.41) is 18.4. The van der Waals surface area contributed by atoms with Crippen LogP contribution >= 0.6 is 0 Å². The summed E-state index contributed by atoms with van der Waals surface area (Å²) in [6, 6.07) is 6.94. The predicted molar refractivity (Wildman–Crippen MR) is 54.7 cm³/mol. The van der Waals surface area contributed by atoms with E-state index in [2.05, 4.69) is 0 Å². The highest BCUT2D eigenvalue weighted by Gasteiger charge is 2.22. The third-order valence-corrected chi connectivity index (χ3v) is 1.85. The number of hydrogen-bond donors (Lipinski definition) is 3. The molecule has 15 heavy (non-hydrogen) atoms. The summed E-state index contributed by atoms with van der Waals surface area (Å²) in [6.07, 6.45) is 0. The van der Waals surface area contributed by atoms with Crippen molar-refractivity contribution in [3.63, 3.8) is 0 Å². The molecule has 0 aliphatic heterocycles. The van der Waals surface area contributed by atoms with Crippen LogP contribution in [0, 0.1) is 0 Å². The Labute approximate surface area is 88.0 Å². The predicted octanol–water partition coefficient (Wildman–Crippen LogP) is -0.286. The molecule has 0 atom stereocenters. The molecule has 84 valence electrons. The Morgan fingerprint density at radius 3 is 2.40 bits per heavy atom. The summed E-state index contributed by atoms with van der Waals surface area (Å²) in [5.41, 5.74) is 5.13. The van der Waals surface area contributed by atoms with Gasteiger partial charge >= 0.3 is 0 Å². The normalized spacial score (nSPS) is 11.2. The highest BCUT2D eigenvalue weighted by atomic mass is 16.6. The van der Waals surface area contributed by atoms with Gasteiger partial charge in [0.05, 0.1) is 13.7 Å². The molecule has 1 aromatic carbocycles. The molecule has 0 unspecified atom stereocenters. The molecule has 1 rings (SSSR count). The van der Waals surface area contributed by atoms with Gasteiger partial charge in [0.1, 0.15) is 6.61 Å². The number of benzene rings is 1. The number of hydrogen-bond acceptors (Lipinski definition) is 5. The van der Waals surface area contributed by atoms with Crippen LogP contribution in [0.2, 0.25) is 0 Å². The second kappa shape index (κ2) is 4.97. The van der Waals surface area contributed by atoms with E-state index in [1.165, 1.54) is 7.11 Å². The molecule has 0 aromatic heterocycles. The van der Waals surface area contributed by atoms with Crippen molar-refractivity contribution in [2.24, 2.45) is 5.73 Å². The number of methoxy groups -OCH3 is 1. The monoisotopic (exact) mass is 213 g/mol. The molecule has 0 aliphatic carbocycles. The standard InChI is InChI=1S/C10H15NO4/c1-14-8-4-2-3-5-9(8)15-7-10(12,13)6-11/h2-5,12-13H,6-7,11H2,1H3. The first-order valence-electron chi connectivity index (χ1n) is 4.50. The van der Waals surface area contributed by atoms with Gasteiger partial charge in [0.2, 0.25) is 5.79 Å². The molecular formula is C10H15NO4. The SMILES string of the molecule is COc1ccccc1OCC(O)(O)CN. The van der Waals surface area contributed by atoms with E-state index in [1.54, 1.807) is 24.3 Å². The molecule has 0 fully saturated rings. The fraction of sp³-hybridized carbons (Fsp3) is 0.400. The second-order valence-corrected chi connectivity index (χ2v) is 3.13. The first kappa shape index (κ1) is 11.8. The van der Waals surface area contributed by atoms with Crippen LogP contribution in [-0.2, 0) is 0 Å². The summed E-state index contributed by atoms with van der Waals surface area (Å²) in [4.78, 5) is 0. The average molecular weight is 213 g/mol. The van der Waals surface area contributed by atoms with E-state index >= 15 is 0 Å². The fourth-order valence-electron chi connectivity index (χ4n) is 0.990. The highest BCUT2D eigenvalue weighted by Crippen LogP contribution is 2.26. The lowest BCUT2D eigenvalue weighted by Gasteiger charge is -2.20. The molecular weight excluding hydrogens is 198 g/mol. The van der Waals surface area contributed by atoms with Gasteiger partial charge in [0.15, 0.2) is 11.5 Å². The maximum atomic E-state index is 9.21. The van der Waals surface area contributed by atoms with Crippen LogP contribution in [0.1, 0.15) is 0 Å². The molecule has 5 heteroatoms. The van der Waals surface area contributed by atoms with E-state index < -0.39 is 5.79 Å². The van der Waals surface area contributed by atoms with Crippen LogP contribution in [0.15, 0.2) is 24.3 Å². The summed E-state index contributed by atoms with van der Waals surface area (Å²) in [5.74, 6) is -1.04. The first-order valence-corrected chi connectivity index (χ1v) is 4.50. The van der Waals surface area contributed by atoms with E-state index in [1.807, 2.05) is 0 Å². The molecule has 0 aliphatic rings. The Hall–Kier alpha value is -1.30. The van der Waals surface area contributed by atoms with Crippen molar-refractivity contribution in [2.75, 3.05) is 20.3 Å². The number of ether oxygens (including phenoxy) is 2. The zero-order chi connectivity index (χ0) is 11.3. The number of aliphatic hydroxyl groups is 2. The largest absolute Gasteiger partial charge is 0.493 e. The molecule has 0 amide bonds. The minimum absolute atomic E-state index is 0.290. The van der Waals surface area contributed by atoms with Crippen molar-refractivity contribution in [1.29, 1.82) is 0 Å². The Morgan fingerprint density at radius 1 is 1.27 bits per heavy atom. The van der Waals surface area contributed by atoms with Crippen LogP contribution < -0.4 is 15.2 Å². The van der Waals surface area contributed by atoms with Gasteiger partial charge in [-0.15, -0.1) is 0 Å². The Bertz CT molecular complexity index is 314. The summed E-state index contributed by atoms with van der Waals surface area (Å²) < 4.78 is 10.2. The van der Waals surface area contributed by atoms with Crippen molar-refractivity contribution in [1.82, 2.24) is 0 Å². The van der Waals surface area contributed by atoms with Gasteiger partial charge in [0.25, 0.3) is 0 Å². The number of nitrogens with two attached hydrogens (primary N) is 1. The Kier molecular flexibility index (Phi) is 3.90. The quantitative estimate of drug-likeness (QED) is 0.585. The lowest BCUT2D eigenvalue weighted by atomic mass is 10.3. The van der Waals surface area contributed by atoms with Crippen LogP contribution in [0.25, 0.3) is 0 Å². The van der Waals surface area contributed by atoms with Gasteiger partial charge in [-0.25, -0.2) is 0 Å². The number of para-hydroxylation sites is 2. The molecule has 0 spiro atoms. The molecule has 0 saturated heterocycles. The maximum Gasteiger partial charge on any atom is 0.210 e. The van der Waals surface area contributed by atoms with Crippen molar-refractivity contribution in [2.45, 2.75) is 5.79 Å². The summed E-state index contributed by atoms with van der Waals surface area (Å²) >= 11 is 0. The molecule has 0 bridgehead atoms. The molecule has 0 saturated carbocycles. The van der Waals surface area contributed by atoms with Gasteiger partial charge in [0, 0.05) is 0 Å². The van der Waals surface area contributed by atoms with Gasteiger partial charge in [-0.05, 0) is 12.1 Å². The van der Waals surface area contributed by atoms with Crippen LogP contribution in [0.5, 0.6) is 11.5 Å². The van der Waals surface area contributed by atoms with E-state index in [0.717, 1.165) is 0 Å². The van der Waals surface area contributed by atoms with Crippen molar-refractivity contribution >= 4 is 0 Å². The lowest BCUT2D eigenvalue weighted by molar-refractivity contribution is -0.172. The van der Waals surface area contributed by atoms with E-state index in [-0.39, 0.29) is 13.2 Å². The van der Waals surface area contributed by atoms with Gasteiger partial charge in [-0.2, -0.15) is 0 Å². The smallest absolute Gasteiger partial charge is 0.210 e. The zero-order valence-corrected chi connectivity index (χ0v) is 8.51. The number of rotatable bonds is 5. The van der Waals surface area contributed by atoms with Crippen molar-refractivity contribution in [3.8, 4) is 11.5 Å². The molecule has 1 aromatic rings. The molecule has 0 radical (unpaired) electrons. The zero-order valence-electron chi connectivity index (χ0n) is 8.51. The minimum atomic E-state index is -2.01. The molecule has 0 heterocycles. The van der Waals surface area contributed by atoms with Gasteiger partial charge < -0.3 is 25.4 Å². The Morgan fingerprint density at radius 2 is 1.87 bits per heavy atom. The highest BCUT2D eigenvalue weighted by molar-refractivity contribution is 5.39. The average Bonchev–Trinajstić information content (AvgIpc) is 2.27. The third kappa shape index (κ3) is 3.39. The van der Waals surface area contributed by atoms with E-state index in [4.69, 9.17) is 15.2 Å². The van der Waals surface area contributed by atoms with Crippen LogP contribution in [0.4, 0.5) is 0 Å². The summed E-state index contributed by atoms with van der Waals surface area (Å²) in [7, 11) is 1.51. The van der Waals surface area contributed by atoms with Crippen molar-refractivity contribution in [3.05, 3.63) is 24.3 Å². The van der Waals surface area contributed by atoms with E-state index in [0.29, 0.717) is 11.5 Å².